The molecule has 3 rings (SSSR count). The maximum atomic E-state index is 12.5. The Balaban J connectivity index is 1.62. The Morgan fingerprint density at radius 2 is 1.87 bits per heavy atom. The highest BCUT2D eigenvalue weighted by Gasteiger charge is 2.14. The number of hydrogen-bond acceptors (Lipinski definition) is 5. The van der Waals surface area contributed by atoms with E-state index < -0.39 is 5.91 Å². The molecule has 8 nitrogen and oxygen atoms in total. The smallest absolute Gasteiger partial charge is 0.277 e. The molecule has 0 saturated heterocycles. The summed E-state index contributed by atoms with van der Waals surface area (Å²) < 4.78 is 5.52. The molecule has 0 aliphatic carbocycles. The number of nitrogens with one attached hydrogen (secondary N) is 1. The molecular formula is C21H22ClN5O3. The fourth-order valence-electron chi connectivity index (χ4n) is 2.75. The van der Waals surface area contributed by atoms with Crippen molar-refractivity contribution in [3.8, 4) is 11.4 Å². The van der Waals surface area contributed by atoms with E-state index in [4.69, 9.17) is 16.3 Å². The molecule has 0 atom stereocenters. The number of ether oxygens (including phenoxy) is 1. The summed E-state index contributed by atoms with van der Waals surface area (Å²) >= 11 is 6.24. The van der Waals surface area contributed by atoms with Gasteiger partial charge in [0.25, 0.3) is 11.8 Å². The van der Waals surface area contributed by atoms with Gasteiger partial charge < -0.3 is 15.0 Å². The predicted molar refractivity (Wildman–Crippen MR) is 114 cm³/mol. The lowest BCUT2D eigenvalue weighted by molar-refractivity contribution is -0.132. The molecule has 0 fully saturated rings. The summed E-state index contributed by atoms with van der Waals surface area (Å²) in [6.45, 7) is 4.95. The van der Waals surface area contributed by atoms with Crippen LogP contribution < -0.4 is 10.1 Å². The summed E-state index contributed by atoms with van der Waals surface area (Å²) in [6, 6.07) is 14.1. The van der Waals surface area contributed by atoms with Crippen LogP contribution in [0.1, 0.15) is 24.3 Å². The van der Waals surface area contributed by atoms with E-state index in [0.717, 1.165) is 5.69 Å². The fraction of sp³-hybridized carbons (Fsp3) is 0.238. The van der Waals surface area contributed by atoms with E-state index in [2.05, 4.69) is 15.5 Å². The number of carbonyl (C=O) groups is 2. The van der Waals surface area contributed by atoms with Crippen molar-refractivity contribution < 1.29 is 14.3 Å². The van der Waals surface area contributed by atoms with Crippen LogP contribution in [0.15, 0.2) is 54.7 Å². The SMILES string of the molecule is CCN(CC)C(=O)COc1ccc(NC(=O)c2cnn(-c3ccccc3)n2)cc1Cl. The van der Waals surface area contributed by atoms with Gasteiger partial charge in [-0.2, -0.15) is 9.90 Å². The molecule has 0 aliphatic rings. The number of hydrogen-bond donors (Lipinski definition) is 1. The standard InChI is InChI=1S/C21H22ClN5O3/c1-3-26(4-2)20(28)14-30-19-11-10-15(12-17(19)22)24-21(29)18-13-23-27(25-18)16-8-6-5-7-9-16/h5-13H,3-4,14H2,1-2H3,(H,24,29). The molecule has 9 heteroatoms. The van der Waals surface area contributed by atoms with Crippen LogP contribution in [0.3, 0.4) is 0 Å². The maximum Gasteiger partial charge on any atom is 0.277 e. The molecule has 156 valence electrons. The third kappa shape index (κ3) is 5.15. The molecule has 0 saturated carbocycles. The lowest BCUT2D eigenvalue weighted by Gasteiger charge is -2.19. The van der Waals surface area contributed by atoms with E-state index in [1.165, 1.54) is 11.0 Å². The maximum absolute atomic E-state index is 12.5. The molecule has 3 aromatic rings. The third-order valence-corrected chi connectivity index (χ3v) is 4.66. The Bertz CT molecular complexity index is 1020. The normalized spacial score (nSPS) is 10.5. The molecule has 0 radical (unpaired) electrons. The molecule has 2 amide bonds. The van der Waals surface area contributed by atoms with Crippen LogP contribution >= 0.6 is 11.6 Å². The number of aromatic nitrogens is 3. The van der Waals surface area contributed by atoms with Gasteiger partial charge in [-0.25, -0.2) is 0 Å². The number of halogens is 1. The number of anilines is 1. The van der Waals surface area contributed by atoms with Gasteiger partial charge in [-0.05, 0) is 44.2 Å². The van der Waals surface area contributed by atoms with Crippen LogP contribution in [0, 0.1) is 0 Å². The zero-order valence-corrected chi connectivity index (χ0v) is 17.5. The third-order valence-electron chi connectivity index (χ3n) is 4.37. The Morgan fingerprint density at radius 1 is 1.13 bits per heavy atom. The van der Waals surface area contributed by atoms with E-state index in [0.29, 0.717) is 24.5 Å². The molecule has 1 aromatic heterocycles. The molecule has 30 heavy (non-hydrogen) atoms. The average molecular weight is 428 g/mol. The summed E-state index contributed by atoms with van der Waals surface area (Å²) in [5.41, 5.74) is 1.39. The van der Waals surface area contributed by atoms with Gasteiger partial charge in [0.05, 0.1) is 16.9 Å². The largest absolute Gasteiger partial charge is 0.482 e. The van der Waals surface area contributed by atoms with Gasteiger partial charge in [0, 0.05) is 18.8 Å². The van der Waals surface area contributed by atoms with Gasteiger partial charge in [-0.15, -0.1) is 5.10 Å². The molecule has 2 aromatic carbocycles. The van der Waals surface area contributed by atoms with Crippen molar-refractivity contribution in [3.63, 3.8) is 0 Å². The highest BCUT2D eigenvalue weighted by Crippen LogP contribution is 2.28. The zero-order valence-electron chi connectivity index (χ0n) is 16.7. The zero-order chi connectivity index (χ0) is 21.5. The highest BCUT2D eigenvalue weighted by atomic mass is 35.5. The van der Waals surface area contributed by atoms with Crippen LogP contribution in [0.25, 0.3) is 5.69 Å². The van der Waals surface area contributed by atoms with Crippen molar-refractivity contribution in [2.24, 2.45) is 0 Å². The Kier molecular flexibility index (Phi) is 7.03. The number of benzene rings is 2. The monoisotopic (exact) mass is 427 g/mol. The number of carbonyl (C=O) groups excluding carboxylic acids is 2. The van der Waals surface area contributed by atoms with Gasteiger partial charge in [-0.3, -0.25) is 9.59 Å². The first-order valence-electron chi connectivity index (χ1n) is 9.51. The second-order valence-corrected chi connectivity index (χ2v) is 6.72. The number of nitrogens with zero attached hydrogens (tertiary/aromatic N) is 4. The van der Waals surface area contributed by atoms with Crippen molar-refractivity contribution in [2.45, 2.75) is 13.8 Å². The number of rotatable bonds is 8. The topological polar surface area (TPSA) is 89.4 Å². The fourth-order valence-corrected chi connectivity index (χ4v) is 2.99. The summed E-state index contributed by atoms with van der Waals surface area (Å²) in [7, 11) is 0. The first-order chi connectivity index (χ1) is 14.5. The molecule has 0 bridgehead atoms. The minimum Gasteiger partial charge on any atom is -0.482 e. The lowest BCUT2D eigenvalue weighted by atomic mass is 10.3. The quantitative estimate of drug-likeness (QED) is 0.595. The number of likely N-dealkylation sites (N-methyl/N-ethyl adjacent to an activating group) is 1. The van der Waals surface area contributed by atoms with Crippen molar-refractivity contribution >= 4 is 29.1 Å². The second-order valence-electron chi connectivity index (χ2n) is 6.31. The molecule has 0 spiro atoms. The van der Waals surface area contributed by atoms with Crippen LogP contribution in [0.2, 0.25) is 5.02 Å². The summed E-state index contributed by atoms with van der Waals surface area (Å²) in [6.07, 6.45) is 1.39. The van der Waals surface area contributed by atoms with Gasteiger partial charge in [-0.1, -0.05) is 29.8 Å². The summed E-state index contributed by atoms with van der Waals surface area (Å²) in [4.78, 5) is 27.6. The Labute approximate surface area is 179 Å². The molecule has 0 aliphatic heterocycles. The first kappa shape index (κ1) is 21.3. The molecule has 1 N–H and O–H groups in total. The van der Waals surface area contributed by atoms with E-state index in [-0.39, 0.29) is 23.2 Å². The second kappa shape index (κ2) is 9.89. The van der Waals surface area contributed by atoms with E-state index >= 15 is 0 Å². The molecule has 0 unspecified atom stereocenters. The van der Waals surface area contributed by atoms with E-state index in [1.54, 1.807) is 23.1 Å². The lowest BCUT2D eigenvalue weighted by Crippen LogP contribution is -2.34. The van der Waals surface area contributed by atoms with Crippen molar-refractivity contribution in [1.29, 1.82) is 0 Å². The van der Waals surface area contributed by atoms with Crippen molar-refractivity contribution in [3.05, 3.63) is 65.4 Å². The molecular weight excluding hydrogens is 406 g/mol. The van der Waals surface area contributed by atoms with Gasteiger partial charge >= 0.3 is 0 Å². The van der Waals surface area contributed by atoms with Crippen molar-refractivity contribution in [1.82, 2.24) is 19.9 Å². The van der Waals surface area contributed by atoms with Crippen LogP contribution in [0.5, 0.6) is 5.75 Å². The average Bonchev–Trinajstić information content (AvgIpc) is 3.25. The minimum absolute atomic E-state index is 0.101. The summed E-state index contributed by atoms with van der Waals surface area (Å²) in [5.74, 6) is -0.168. The molecule has 1 heterocycles. The number of amides is 2. The van der Waals surface area contributed by atoms with Crippen LogP contribution in [-0.2, 0) is 4.79 Å². The van der Waals surface area contributed by atoms with Gasteiger partial charge in [0.2, 0.25) is 0 Å². The summed E-state index contributed by atoms with van der Waals surface area (Å²) in [5, 5.41) is 11.3. The Hall–Kier alpha value is -3.39. The number of para-hydroxylation sites is 1. The van der Waals surface area contributed by atoms with Gasteiger partial charge in [0.15, 0.2) is 12.3 Å². The van der Waals surface area contributed by atoms with E-state index in [9.17, 15) is 9.59 Å². The van der Waals surface area contributed by atoms with Crippen molar-refractivity contribution in [2.75, 3.05) is 25.0 Å². The van der Waals surface area contributed by atoms with Crippen LogP contribution in [0.4, 0.5) is 5.69 Å². The first-order valence-corrected chi connectivity index (χ1v) is 9.88. The predicted octanol–water partition coefficient (Wildman–Crippen LogP) is 3.42. The highest BCUT2D eigenvalue weighted by molar-refractivity contribution is 6.32. The minimum atomic E-state index is -0.418. The van der Waals surface area contributed by atoms with E-state index in [1.807, 2.05) is 44.2 Å². The van der Waals surface area contributed by atoms with Gasteiger partial charge in [0.1, 0.15) is 5.75 Å². The Morgan fingerprint density at radius 3 is 2.53 bits per heavy atom. The van der Waals surface area contributed by atoms with Crippen LogP contribution in [-0.4, -0.2) is 51.4 Å².